The van der Waals surface area contributed by atoms with Crippen LogP contribution < -0.4 is 10.5 Å². The Morgan fingerprint density at radius 2 is 2.29 bits per heavy atom. The zero-order chi connectivity index (χ0) is 13.0. The van der Waals surface area contributed by atoms with Crippen LogP contribution in [0.4, 0.5) is 10.1 Å². The van der Waals surface area contributed by atoms with E-state index in [0.29, 0.717) is 0 Å². The molecule has 94 valence electrons. The number of nitrogens with zero attached hydrogens (tertiary/aromatic N) is 1. The summed E-state index contributed by atoms with van der Waals surface area (Å²) in [4.78, 5) is 9.87. The summed E-state index contributed by atoms with van der Waals surface area (Å²) >= 11 is 0. The lowest BCUT2D eigenvalue weighted by molar-refractivity contribution is -0.385. The van der Waals surface area contributed by atoms with Gasteiger partial charge >= 0.3 is 0 Å². The first kappa shape index (κ1) is 13.3. The number of benzene rings is 1. The fourth-order valence-electron chi connectivity index (χ4n) is 1.21. The summed E-state index contributed by atoms with van der Waals surface area (Å²) in [5, 5.41) is 19.7. The zero-order valence-electron chi connectivity index (χ0n) is 9.22. The maximum Gasteiger partial charge on any atom is 0.275 e. The fourth-order valence-corrected chi connectivity index (χ4v) is 1.21. The lowest BCUT2D eigenvalue weighted by Crippen LogP contribution is -2.26. The summed E-state index contributed by atoms with van der Waals surface area (Å²) in [5.74, 6) is -0.980. The van der Waals surface area contributed by atoms with E-state index in [1.54, 1.807) is 0 Å². The smallest absolute Gasteiger partial charge is 0.275 e. The minimum Gasteiger partial charge on any atom is -0.488 e. The Balaban J connectivity index is 2.88. The Kier molecular flexibility index (Phi) is 4.36. The van der Waals surface area contributed by atoms with E-state index < -0.39 is 16.8 Å². The van der Waals surface area contributed by atoms with Crippen molar-refractivity contribution in [2.24, 2.45) is 5.73 Å². The summed E-state index contributed by atoms with van der Waals surface area (Å²) in [6.45, 7) is 1.31. The van der Waals surface area contributed by atoms with Gasteiger partial charge in [-0.25, -0.2) is 4.39 Å². The predicted molar refractivity (Wildman–Crippen MR) is 58.3 cm³/mol. The molecule has 0 saturated heterocycles. The van der Waals surface area contributed by atoms with Crippen molar-refractivity contribution in [3.8, 4) is 5.75 Å². The van der Waals surface area contributed by atoms with Gasteiger partial charge in [0, 0.05) is 12.1 Å². The van der Waals surface area contributed by atoms with Crippen molar-refractivity contribution in [2.75, 3.05) is 13.2 Å². The molecule has 0 unspecified atom stereocenters. The highest BCUT2D eigenvalue weighted by Crippen LogP contribution is 2.26. The van der Waals surface area contributed by atoms with Crippen LogP contribution in [0.25, 0.3) is 0 Å². The minimum atomic E-state index is -0.898. The van der Waals surface area contributed by atoms with Crippen LogP contribution in [0.1, 0.15) is 5.56 Å². The average molecular weight is 244 g/mol. The van der Waals surface area contributed by atoms with Gasteiger partial charge in [0.05, 0.1) is 11.0 Å². The molecule has 0 aliphatic heterocycles. The number of aryl methyl sites for hydroxylation is 1. The van der Waals surface area contributed by atoms with Gasteiger partial charge in [-0.05, 0) is 13.0 Å². The van der Waals surface area contributed by atoms with E-state index in [1.807, 2.05) is 0 Å². The molecule has 0 saturated carbocycles. The maximum atomic E-state index is 13.4. The highest BCUT2D eigenvalue weighted by Gasteiger charge is 2.16. The Labute approximate surface area is 97.0 Å². The number of hydrogen-bond donors (Lipinski definition) is 2. The van der Waals surface area contributed by atoms with Gasteiger partial charge in [-0.15, -0.1) is 0 Å². The highest BCUT2D eigenvalue weighted by molar-refractivity contribution is 5.45. The van der Waals surface area contributed by atoms with Gasteiger partial charge in [0.1, 0.15) is 12.7 Å². The molecule has 0 spiro atoms. The van der Waals surface area contributed by atoms with Crippen LogP contribution in [0.15, 0.2) is 12.1 Å². The normalized spacial score (nSPS) is 12.2. The molecule has 1 aromatic carbocycles. The second-order valence-corrected chi connectivity index (χ2v) is 3.53. The van der Waals surface area contributed by atoms with Gasteiger partial charge in [0.2, 0.25) is 0 Å². The van der Waals surface area contributed by atoms with Gasteiger partial charge in [0.15, 0.2) is 11.6 Å². The fraction of sp³-hybridized carbons (Fsp3) is 0.400. The molecule has 7 heteroatoms. The Morgan fingerprint density at radius 3 is 2.82 bits per heavy atom. The lowest BCUT2D eigenvalue weighted by Gasteiger charge is -2.11. The third-order valence-corrected chi connectivity index (χ3v) is 2.15. The van der Waals surface area contributed by atoms with Crippen LogP contribution in [0.2, 0.25) is 0 Å². The molecule has 0 radical (unpaired) electrons. The Hall–Kier alpha value is -1.73. The van der Waals surface area contributed by atoms with E-state index in [0.717, 1.165) is 6.07 Å². The van der Waals surface area contributed by atoms with Gasteiger partial charge < -0.3 is 15.6 Å². The number of aliphatic hydroxyl groups excluding tert-OH is 1. The summed E-state index contributed by atoms with van der Waals surface area (Å²) in [7, 11) is 0. The summed E-state index contributed by atoms with van der Waals surface area (Å²) < 4.78 is 18.4. The number of rotatable bonds is 5. The first-order chi connectivity index (χ1) is 7.95. The molecule has 6 nitrogen and oxygen atoms in total. The van der Waals surface area contributed by atoms with Gasteiger partial charge in [0.25, 0.3) is 5.69 Å². The van der Waals surface area contributed by atoms with Crippen molar-refractivity contribution in [2.45, 2.75) is 13.0 Å². The molecule has 0 aliphatic carbocycles. The lowest BCUT2D eigenvalue weighted by atomic mass is 10.2. The molecule has 17 heavy (non-hydrogen) atoms. The van der Waals surface area contributed by atoms with E-state index >= 15 is 0 Å². The number of nitro benzene ring substituents is 1. The topological polar surface area (TPSA) is 98.6 Å². The number of halogens is 1. The standard InChI is InChI=1S/C10H13FN2O4/c1-6-2-10(17-5-7(14)4-12)8(11)3-9(6)13(15)16/h2-3,7,14H,4-5,12H2,1H3/t7-/m0/s1. The van der Waals surface area contributed by atoms with Crippen LogP contribution in [0.5, 0.6) is 5.75 Å². The van der Waals surface area contributed by atoms with E-state index in [2.05, 4.69) is 0 Å². The molecule has 0 fully saturated rings. The van der Waals surface area contributed by atoms with E-state index in [1.165, 1.54) is 13.0 Å². The van der Waals surface area contributed by atoms with Crippen LogP contribution in [0.3, 0.4) is 0 Å². The molecule has 3 N–H and O–H groups in total. The SMILES string of the molecule is Cc1cc(OC[C@@H](O)CN)c(F)cc1[N+](=O)[O-]. The van der Waals surface area contributed by atoms with Crippen LogP contribution >= 0.6 is 0 Å². The molecule has 0 heterocycles. The number of nitro groups is 1. The predicted octanol–water partition coefficient (Wildman–Crippen LogP) is 0.741. The Bertz CT molecular complexity index is 425. The third-order valence-electron chi connectivity index (χ3n) is 2.15. The second kappa shape index (κ2) is 5.55. The highest BCUT2D eigenvalue weighted by atomic mass is 19.1. The molecule has 0 amide bonds. The van der Waals surface area contributed by atoms with Crippen molar-refractivity contribution in [1.29, 1.82) is 0 Å². The van der Waals surface area contributed by atoms with Crippen molar-refractivity contribution in [3.63, 3.8) is 0 Å². The van der Waals surface area contributed by atoms with Crippen LogP contribution in [0, 0.1) is 22.9 Å². The minimum absolute atomic E-state index is 0.00637. The largest absolute Gasteiger partial charge is 0.488 e. The van der Waals surface area contributed by atoms with Crippen LogP contribution in [-0.4, -0.2) is 29.3 Å². The van der Waals surface area contributed by atoms with E-state index in [4.69, 9.17) is 15.6 Å². The number of ether oxygens (including phenoxy) is 1. The first-order valence-corrected chi connectivity index (χ1v) is 4.91. The van der Waals surface area contributed by atoms with Crippen LogP contribution in [-0.2, 0) is 0 Å². The van der Waals surface area contributed by atoms with Crippen molar-refractivity contribution < 1.29 is 19.2 Å². The molecule has 0 aliphatic rings. The molecule has 1 rings (SSSR count). The summed E-state index contributed by atoms with van der Waals surface area (Å²) in [6.07, 6.45) is -0.898. The molecular weight excluding hydrogens is 231 g/mol. The Morgan fingerprint density at radius 1 is 1.65 bits per heavy atom. The zero-order valence-corrected chi connectivity index (χ0v) is 9.22. The number of hydrogen-bond acceptors (Lipinski definition) is 5. The third kappa shape index (κ3) is 3.36. The van der Waals surface area contributed by atoms with E-state index in [9.17, 15) is 14.5 Å². The second-order valence-electron chi connectivity index (χ2n) is 3.53. The molecule has 1 aromatic rings. The molecule has 1 atom stereocenters. The number of nitrogens with two attached hydrogens (primary N) is 1. The van der Waals surface area contributed by atoms with Gasteiger partial charge in [-0.2, -0.15) is 0 Å². The average Bonchev–Trinajstić information content (AvgIpc) is 2.28. The van der Waals surface area contributed by atoms with Crippen molar-refractivity contribution >= 4 is 5.69 Å². The number of aliphatic hydroxyl groups is 1. The summed E-state index contributed by atoms with van der Waals surface area (Å²) in [5.41, 5.74) is 5.13. The quantitative estimate of drug-likeness (QED) is 0.588. The van der Waals surface area contributed by atoms with Crippen molar-refractivity contribution in [1.82, 2.24) is 0 Å². The van der Waals surface area contributed by atoms with Gasteiger partial charge in [-0.3, -0.25) is 10.1 Å². The maximum absolute atomic E-state index is 13.4. The first-order valence-electron chi connectivity index (χ1n) is 4.91. The molecular formula is C10H13FN2O4. The molecule has 0 aromatic heterocycles. The summed E-state index contributed by atoms with van der Waals surface area (Å²) in [6, 6.07) is 2.01. The molecule has 0 bridgehead atoms. The monoisotopic (exact) mass is 244 g/mol. The van der Waals surface area contributed by atoms with Gasteiger partial charge in [-0.1, -0.05) is 0 Å². The van der Waals surface area contributed by atoms with E-state index in [-0.39, 0.29) is 30.2 Å². The van der Waals surface area contributed by atoms with Crippen molar-refractivity contribution in [3.05, 3.63) is 33.6 Å².